The van der Waals surface area contributed by atoms with Gasteiger partial charge in [-0.05, 0) is 37.8 Å². The summed E-state index contributed by atoms with van der Waals surface area (Å²) < 4.78 is 5.29. The first kappa shape index (κ1) is 13.6. The van der Waals surface area contributed by atoms with Crippen LogP contribution in [-0.2, 0) is 6.54 Å². The van der Waals surface area contributed by atoms with Crippen molar-refractivity contribution in [2.45, 2.75) is 44.2 Å². The van der Waals surface area contributed by atoms with Crippen LogP contribution in [0.3, 0.4) is 0 Å². The first-order valence-corrected chi connectivity index (χ1v) is 7.97. The number of rotatable bonds is 5. The van der Waals surface area contributed by atoms with E-state index in [0.29, 0.717) is 18.5 Å². The van der Waals surface area contributed by atoms with Gasteiger partial charge in [-0.1, -0.05) is 5.16 Å². The molecule has 1 aliphatic carbocycles. The molecule has 2 aromatic rings. The van der Waals surface area contributed by atoms with Crippen LogP contribution in [0.4, 0.5) is 5.82 Å². The Morgan fingerprint density at radius 2 is 2.27 bits per heavy atom. The average molecular weight is 300 g/mol. The SMILES string of the molecule is c1cnnc(N2CCC[C@H](NCc3noc(C4CC4)n3)C2)c1. The lowest BCUT2D eigenvalue weighted by molar-refractivity contribution is 0.366. The summed E-state index contributed by atoms with van der Waals surface area (Å²) in [5.41, 5.74) is 0. The first-order valence-electron chi connectivity index (χ1n) is 7.97. The molecule has 1 saturated carbocycles. The molecule has 7 heteroatoms. The zero-order valence-corrected chi connectivity index (χ0v) is 12.5. The van der Waals surface area contributed by atoms with Crippen LogP contribution in [0.1, 0.15) is 43.3 Å². The van der Waals surface area contributed by atoms with E-state index in [1.165, 1.54) is 12.8 Å². The van der Waals surface area contributed by atoms with E-state index in [-0.39, 0.29) is 0 Å². The van der Waals surface area contributed by atoms with Gasteiger partial charge in [0.2, 0.25) is 5.89 Å². The summed E-state index contributed by atoms with van der Waals surface area (Å²) in [4.78, 5) is 6.74. The minimum atomic E-state index is 0.415. The number of piperidine rings is 1. The number of nitrogens with one attached hydrogen (secondary N) is 1. The van der Waals surface area contributed by atoms with E-state index in [1.54, 1.807) is 6.20 Å². The second-order valence-electron chi connectivity index (χ2n) is 6.07. The fourth-order valence-corrected chi connectivity index (χ4v) is 2.88. The molecule has 3 heterocycles. The molecule has 1 atom stereocenters. The minimum absolute atomic E-state index is 0.415. The Hall–Kier alpha value is -2.02. The van der Waals surface area contributed by atoms with Crippen molar-refractivity contribution in [2.75, 3.05) is 18.0 Å². The second-order valence-corrected chi connectivity index (χ2v) is 6.07. The third-order valence-electron chi connectivity index (χ3n) is 4.26. The standard InChI is InChI=1S/C15H20N6O/c1-4-14(19-17-7-1)21-8-2-3-12(10-21)16-9-13-18-15(22-20-13)11-5-6-11/h1,4,7,11-12,16H,2-3,5-6,8-10H2/t12-/m0/s1. The summed E-state index contributed by atoms with van der Waals surface area (Å²) in [7, 11) is 0. The van der Waals surface area contributed by atoms with E-state index in [2.05, 4.69) is 30.6 Å². The molecule has 1 N–H and O–H groups in total. The molecule has 7 nitrogen and oxygen atoms in total. The minimum Gasteiger partial charge on any atom is -0.354 e. The van der Waals surface area contributed by atoms with E-state index in [1.807, 2.05) is 12.1 Å². The molecule has 0 bridgehead atoms. The molecule has 22 heavy (non-hydrogen) atoms. The molecule has 116 valence electrons. The van der Waals surface area contributed by atoms with Crippen LogP contribution in [0.25, 0.3) is 0 Å². The number of anilines is 1. The maximum Gasteiger partial charge on any atom is 0.229 e. The van der Waals surface area contributed by atoms with Crippen molar-refractivity contribution in [3.05, 3.63) is 30.0 Å². The lowest BCUT2D eigenvalue weighted by atomic mass is 10.1. The molecule has 1 aliphatic heterocycles. The molecule has 0 radical (unpaired) electrons. The summed E-state index contributed by atoms with van der Waals surface area (Å²) in [6.07, 6.45) is 6.38. The van der Waals surface area contributed by atoms with Crippen molar-refractivity contribution < 1.29 is 4.52 Å². The molecule has 0 amide bonds. The van der Waals surface area contributed by atoms with Gasteiger partial charge in [0.25, 0.3) is 0 Å². The van der Waals surface area contributed by atoms with Crippen molar-refractivity contribution in [1.29, 1.82) is 0 Å². The predicted molar refractivity (Wildman–Crippen MR) is 80.4 cm³/mol. The van der Waals surface area contributed by atoms with E-state index in [4.69, 9.17) is 4.52 Å². The van der Waals surface area contributed by atoms with Gasteiger partial charge in [0, 0.05) is 31.2 Å². The number of nitrogens with zero attached hydrogens (tertiary/aromatic N) is 5. The quantitative estimate of drug-likeness (QED) is 0.896. The maximum atomic E-state index is 5.29. The Morgan fingerprint density at radius 3 is 3.09 bits per heavy atom. The normalized spacial score (nSPS) is 22.0. The number of hydrogen-bond donors (Lipinski definition) is 1. The van der Waals surface area contributed by atoms with Crippen LogP contribution in [0.2, 0.25) is 0 Å². The van der Waals surface area contributed by atoms with Crippen LogP contribution in [-0.4, -0.2) is 39.5 Å². The zero-order chi connectivity index (χ0) is 14.8. The maximum absolute atomic E-state index is 5.29. The van der Waals surface area contributed by atoms with E-state index >= 15 is 0 Å². The molecular weight excluding hydrogens is 280 g/mol. The highest BCUT2D eigenvalue weighted by Gasteiger charge is 2.29. The highest BCUT2D eigenvalue weighted by atomic mass is 16.5. The van der Waals surface area contributed by atoms with Gasteiger partial charge in [-0.2, -0.15) is 10.1 Å². The van der Waals surface area contributed by atoms with Crippen LogP contribution >= 0.6 is 0 Å². The Bertz CT molecular complexity index is 612. The summed E-state index contributed by atoms with van der Waals surface area (Å²) in [6, 6.07) is 4.35. The Labute approximate surface area is 129 Å². The Balaban J connectivity index is 1.32. The predicted octanol–water partition coefficient (Wildman–Crippen LogP) is 1.50. The Morgan fingerprint density at radius 1 is 1.32 bits per heavy atom. The van der Waals surface area contributed by atoms with Gasteiger partial charge in [0.1, 0.15) is 0 Å². The lowest BCUT2D eigenvalue weighted by Crippen LogP contribution is -2.46. The summed E-state index contributed by atoms with van der Waals surface area (Å²) in [6.45, 7) is 2.63. The highest BCUT2D eigenvalue weighted by Crippen LogP contribution is 2.38. The third kappa shape index (κ3) is 3.09. The fourth-order valence-electron chi connectivity index (χ4n) is 2.88. The zero-order valence-electron chi connectivity index (χ0n) is 12.5. The van der Waals surface area contributed by atoms with E-state index in [0.717, 1.165) is 43.5 Å². The first-order chi connectivity index (χ1) is 10.9. The van der Waals surface area contributed by atoms with Crippen molar-refractivity contribution in [3.8, 4) is 0 Å². The van der Waals surface area contributed by atoms with Gasteiger partial charge in [-0.3, -0.25) is 0 Å². The molecule has 0 spiro atoms. The number of aromatic nitrogens is 4. The van der Waals surface area contributed by atoms with Crippen LogP contribution in [0.5, 0.6) is 0 Å². The monoisotopic (exact) mass is 300 g/mol. The average Bonchev–Trinajstić information content (AvgIpc) is 3.33. The summed E-state index contributed by atoms with van der Waals surface area (Å²) >= 11 is 0. The highest BCUT2D eigenvalue weighted by molar-refractivity contribution is 5.37. The molecule has 4 rings (SSSR count). The van der Waals surface area contributed by atoms with Crippen molar-refractivity contribution in [3.63, 3.8) is 0 Å². The fraction of sp³-hybridized carbons (Fsp3) is 0.600. The molecule has 2 aromatic heterocycles. The third-order valence-corrected chi connectivity index (χ3v) is 4.26. The van der Waals surface area contributed by atoms with Gasteiger partial charge >= 0.3 is 0 Å². The second kappa shape index (κ2) is 6.00. The van der Waals surface area contributed by atoms with Crippen molar-refractivity contribution in [2.24, 2.45) is 0 Å². The summed E-state index contributed by atoms with van der Waals surface area (Å²) in [5.74, 6) is 3.04. The van der Waals surface area contributed by atoms with Crippen LogP contribution in [0.15, 0.2) is 22.9 Å². The van der Waals surface area contributed by atoms with Crippen LogP contribution < -0.4 is 10.2 Å². The van der Waals surface area contributed by atoms with Gasteiger partial charge in [-0.15, -0.1) is 5.10 Å². The molecule has 0 unspecified atom stereocenters. The van der Waals surface area contributed by atoms with Gasteiger partial charge in [-0.25, -0.2) is 0 Å². The van der Waals surface area contributed by atoms with Gasteiger partial charge in [0.05, 0.1) is 6.54 Å². The molecular formula is C15H20N6O. The molecule has 1 saturated heterocycles. The Kier molecular flexibility index (Phi) is 3.72. The summed E-state index contributed by atoms with van der Waals surface area (Å²) in [5, 5.41) is 15.7. The molecule has 2 fully saturated rings. The molecule has 2 aliphatic rings. The van der Waals surface area contributed by atoms with E-state index < -0.39 is 0 Å². The molecule has 0 aromatic carbocycles. The van der Waals surface area contributed by atoms with Crippen molar-refractivity contribution in [1.82, 2.24) is 25.7 Å². The lowest BCUT2D eigenvalue weighted by Gasteiger charge is -2.33. The smallest absolute Gasteiger partial charge is 0.229 e. The van der Waals surface area contributed by atoms with Gasteiger partial charge < -0.3 is 14.7 Å². The largest absolute Gasteiger partial charge is 0.354 e. The van der Waals surface area contributed by atoms with Gasteiger partial charge in [0.15, 0.2) is 11.6 Å². The van der Waals surface area contributed by atoms with E-state index in [9.17, 15) is 0 Å². The number of hydrogen-bond acceptors (Lipinski definition) is 7. The van der Waals surface area contributed by atoms with Crippen LogP contribution in [0, 0.1) is 0 Å². The van der Waals surface area contributed by atoms with Crippen molar-refractivity contribution >= 4 is 5.82 Å². The topological polar surface area (TPSA) is 80.0 Å².